The molecule has 4 aromatic rings. The highest BCUT2D eigenvalue weighted by molar-refractivity contribution is 7.91. The highest BCUT2D eigenvalue weighted by atomic mass is 32.2. The van der Waals surface area contributed by atoms with Gasteiger partial charge in [0.1, 0.15) is 9.96 Å². The van der Waals surface area contributed by atoms with Crippen LogP contribution in [-0.4, -0.2) is 37.5 Å². The van der Waals surface area contributed by atoms with Crippen molar-refractivity contribution < 1.29 is 13.2 Å². The molecule has 7 heteroatoms. The van der Waals surface area contributed by atoms with E-state index in [2.05, 4.69) is 54.0 Å². The third kappa shape index (κ3) is 4.01. The predicted molar refractivity (Wildman–Crippen MR) is 134 cm³/mol. The molecular weight excluding hydrogens is 452 g/mol. The lowest BCUT2D eigenvalue weighted by atomic mass is 9.97. The number of fused-ring (bicyclic) bond motifs is 1. The molecule has 0 saturated heterocycles. The number of benzene rings is 2. The molecular formula is C26H26N2O3S2. The lowest BCUT2D eigenvalue weighted by Gasteiger charge is -2.25. The third-order valence-corrected chi connectivity index (χ3v) is 9.55. The third-order valence-electron chi connectivity index (χ3n) is 6.31. The lowest BCUT2D eigenvalue weighted by Crippen LogP contribution is -2.34. The van der Waals surface area contributed by atoms with Crippen molar-refractivity contribution in [3.05, 3.63) is 88.9 Å². The summed E-state index contributed by atoms with van der Waals surface area (Å²) in [6.45, 7) is 3.81. The van der Waals surface area contributed by atoms with Gasteiger partial charge in [0.2, 0.25) is 0 Å². The smallest absolute Gasteiger partial charge is 0.252 e. The summed E-state index contributed by atoms with van der Waals surface area (Å²) in [5, 5.41) is 3.02. The van der Waals surface area contributed by atoms with Crippen LogP contribution in [0.25, 0.3) is 16.5 Å². The number of para-hydroxylation sites is 1. The molecule has 0 bridgehead atoms. The number of ether oxygens (including phenoxy) is 1. The Morgan fingerprint density at radius 1 is 1.03 bits per heavy atom. The fraction of sp³-hybridized carbons (Fsp3) is 0.231. The molecule has 0 unspecified atom stereocenters. The van der Waals surface area contributed by atoms with Crippen molar-refractivity contribution in [3.63, 3.8) is 0 Å². The van der Waals surface area contributed by atoms with Gasteiger partial charge in [-0.25, -0.2) is 8.42 Å². The van der Waals surface area contributed by atoms with Crippen LogP contribution < -0.4 is 4.74 Å². The summed E-state index contributed by atoms with van der Waals surface area (Å²) >= 11 is 1.27. The lowest BCUT2D eigenvalue weighted by molar-refractivity contribution is 0.414. The van der Waals surface area contributed by atoms with Crippen LogP contribution >= 0.6 is 11.3 Å². The first-order chi connectivity index (χ1) is 16.0. The standard InChI is InChI=1S/C26H26N2O3S2/c1-19-26(21-13-15-27(16-14-21)33(29,30)25-8-5-17-32-25)23-6-3-4-7-24(23)28(19)18-20-9-11-22(31-2)12-10-20/h3-13,17H,14-16,18H2,1-2H3. The summed E-state index contributed by atoms with van der Waals surface area (Å²) in [4.78, 5) is 0. The number of methoxy groups -OCH3 is 1. The SMILES string of the molecule is COc1ccc(Cn2c(C)c(C3=CCN(S(=O)(=O)c4cccs4)CC3)c3ccccc32)cc1. The zero-order chi connectivity index (χ0) is 23.0. The van der Waals surface area contributed by atoms with Crippen molar-refractivity contribution in [1.82, 2.24) is 8.87 Å². The second kappa shape index (κ2) is 8.82. The molecule has 0 amide bonds. The minimum atomic E-state index is -3.43. The summed E-state index contributed by atoms with van der Waals surface area (Å²) in [5.41, 5.74) is 6.04. The van der Waals surface area contributed by atoms with Crippen molar-refractivity contribution >= 4 is 37.8 Å². The van der Waals surface area contributed by atoms with Gasteiger partial charge in [0.05, 0.1) is 7.11 Å². The maximum atomic E-state index is 12.9. The van der Waals surface area contributed by atoms with Crippen molar-refractivity contribution in [2.75, 3.05) is 20.2 Å². The summed E-state index contributed by atoms with van der Waals surface area (Å²) in [7, 11) is -1.75. The van der Waals surface area contributed by atoms with Gasteiger partial charge in [0, 0.05) is 41.8 Å². The molecule has 0 atom stereocenters. The van der Waals surface area contributed by atoms with Crippen LogP contribution in [0.4, 0.5) is 0 Å². The molecule has 170 valence electrons. The van der Waals surface area contributed by atoms with Gasteiger partial charge in [-0.1, -0.05) is 42.5 Å². The Hall–Kier alpha value is -2.87. The average Bonchev–Trinajstić information content (AvgIpc) is 3.48. The largest absolute Gasteiger partial charge is 0.497 e. The topological polar surface area (TPSA) is 51.5 Å². The zero-order valence-electron chi connectivity index (χ0n) is 18.7. The summed E-state index contributed by atoms with van der Waals surface area (Å²) in [5.74, 6) is 0.850. The number of thiophene rings is 1. The average molecular weight is 479 g/mol. The highest BCUT2D eigenvalue weighted by Gasteiger charge is 2.28. The van der Waals surface area contributed by atoms with Crippen LogP contribution in [-0.2, 0) is 16.6 Å². The molecule has 0 N–H and O–H groups in total. The van der Waals surface area contributed by atoms with Gasteiger partial charge in [-0.2, -0.15) is 4.31 Å². The van der Waals surface area contributed by atoms with Crippen LogP contribution in [0.1, 0.15) is 23.2 Å². The van der Waals surface area contributed by atoms with Crippen molar-refractivity contribution in [2.45, 2.75) is 24.1 Å². The maximum Gasteiger partial charge on any atom is 0.252 e. The van der Waals surface area contributed by atoms with Crippen LogP contribution in [0.2, 0.25) is 0 Å². The quantitative estimate of drug-likeness (QED) is 0.365. The van der Waals surface area contributed by atoms with Gasteiger partial charge in [0.25, 0.3) is 10.0 Å². The molecule has 2 aromatic heterocycles. The van der Waals surface area contributed by atoms with Crippen molar-refractivity contribution in [3.8, 4) is 5.75 Å². The minimum Gasteiger partial charge on any atom is -0.497 e. The Morgan fingerprint density at radius 3 is 2.48 bits per heavy atom. The molecule has 5 rings (SSSR count). The summed E-state index contributed by atoms with van der Waals surface area (Å²) < 4.78 is 35.5. The normalized spacial score (nSPS) is 15.0. The van der Waals surface area contributed by atoms with Crippen LogP contribution in [0.15, 0.2) is 76.3 Å². The van der Waals surface area contributed by atoms with Gasteiger partial charge in [0.15, 0.2) is 0 Å². The molecule has 1 aliphatic heterocycles. The highest BCUT2D eigenvalue weighted by Crippen LogP contribution is 2.36. The Morgan fingerprint density at radius 2 is 1.82 bits per heavy atom. The monoisotopic (exact) mass is 478 g/mol. The van der Waals surface area contributed by atoms with Gasteiger partial charge in [-0.05, 0) is 54.1 Å². The van der Waals surface area contributed by atoms with E-state index >= 15 is 0 Å². The van der Waals surface area contributed by atoms with E-state index in [1.165, 1.54) is 44.6 Å². The van der Waals surface area contributed by atoms with E-state index < -0.39 is 10.0 Å². The number of hydrogen-bond acceptors (Lipinski definition) is 4. The Labute approximate surface area is 198 Å². The first-order valence-corrected chi connectivity index (χ1v) is 13.2. The second-order valence-corrected chi connectivity index (χ2v) is 11.3. The molecule has 0 fully saturated rings. The predicted octanol–water partition coefficient (Wildman–Crippen LogP) is 5.55. The Bertz CT molecular complexity index is 1420. The molecule has 33 heavy (non-hydrogen) atoms. The zero-order valence-corrected chi connectivity index (χ0v) is 20.3. The Kier molecular flexibility index (Phi) is 5.86. The van der Waals surface area contributed by atoms with Crippen molar-refractivity contribution in [2.24, 2.45) is 0 Å². The molecule has 0 saturated carbocycles. The molecule has 0 radical (unpaired) electrons. The number of hydrogen-bond donors (Lipinski definition) is 0. The summed E-state index contributed by atoms with van der Waals surface area (Å²) in [6, 6.07) is 20.1. The van der Waals surface area contributed by atoms with E-state index in [1.807, 2.05) is 12.1 Å². The van der Waals surface area contributed by atoms with Gasteiger partial charge >= 0.3 is 0 Å². The van der Waals surface area contributed by atoms with Crippen LogP contribution in [0, 0.1) is 6.92 Å². The van der Waals surface area contributed by atoms with Gasteiger partial charge in [-0.15, -0.1) is 11.3 Å². The second-order valence-electron chi connectivity index (χ2n) is 8.19. The van der Waals surface area contributed by atoms with Crippen LogP contribution in [0.3, 0.4) is 0 Å². The number of aromatic nitrogens is 1. The van der Waals surface area contributed by atoms with E-state index in [-0.39, 0.29) is 0 Å². The first-order valence-electron chi connectivity index (χ1n) is 10.9. The van der Waals surface area contributed by atoms with E-state index in [4.69, 9.17) is 4.74 Å². The number of rotatable bonds is 6. The fourth-order valence-electron chi connectivity index (χ4n) is 4.59. The van der Waals surface area contributed by atoms with E-state index in [1.54, 1.807) is 28.9 Å². The van der Waals surface area contributed by atoms with E-state index in [0.717, 1.165) is 12.3 Å². The maximum absolute atomic E-state index is 12.9. The summed E-state index contributed by atoms with van der Waals surface area (Å²) in [6.07, 6.45) is 2.78. The van der Waals surface area contributed by atoms with E-state index in [0.29, 0.717) is 23.7 Å². The molecule has 3 heterocycles. The number of nitrogens with zero attached hydrogens (tertiary/aromatic N) is 2. The molecule has 5 nitrogen and oxygen atoms in total. The van der Waals surface area contributed by atoms with Crippen LogP contribution in [0.5, 0.6) is 5.75 Å². The first kappa shape index (κ1) is 21.9. The van der Waals surface area contributed by atoms with E-state index in [9.17, 15) is 8.42 Å². The van der Waals surface area contributed by atoms with Gasteiger partial charge < -0.3 is 9.30 Å². The Balaban J connectivity index is 1.49. The fourth-order valence-corrected chi connectivity index (χ4v) is 7.11. The molecule has 1 aliphatic rings. The van der Waals surface area contributed by atoms with Crippen molar-refractivity contribution in [1.29, 1.82) is 0 Å². The number of sulfonamides is 1. The minimum absolute atomic E-state index is 0.396. The van der Waals surface area contributed by atoms with Gasteiger partial charge in [-0.3, -0.25) is 0 Å². The molecule has 2 aromatic carbocycles. The molecule has 0 aliphatic carbocycles. The molecule has 0 spiro atoms.